The second-order valence-corrected chi connectivity index (χ2v) is 21.4. The molecule has 0 unspecified atom stereocenters. The fourth-order valence-electron chi connectivity index (χ4n) is 8.54. The summed E-state index contributed by atoms with van der Waals surface area (Å²) in [6, 6.07) is 10.2. The van der Waals surface area contributed by atoms with Crippen molar-refractivity contribution in [3.63, 3.8) is 0 Å². The van der Waals surface area contributed by atoms with Gasteiger partial charge in [-0.3, -0.25) is 19.0 Å². The van der Waals surface area contributed by atoms with Crippen LogP contribution in [0.5, 0.6) is 6.01 Å². The van der Waals surface area contributed by atoms with Crippen LogP contribution in [0.2, 0.25) is 0 Å². The normalized spacial score (nSPS) is 23.8. The van der Waals surface area contributed by atoms with Gasteiger partial charge in [-0.15, -0.1) is 11.3 Å². The number of aryl methyl sites for hydroxylation is 2. The van der Waals surface area contributed by atoms with Gasteiger partial charge in [0.1, 0.15) is 39.9 Å². The minimum absolute atomic E-state index is 0.0187. The van der Waals surface area contributed by atoms with Crippen molar-refractivity contribution in [2.75, 3.05) is 20.6 Å². The zero-order chi connectivity index (χ0) is 46.3. The first-order chi connectivity index (χ1) is 30.2. The Morgan fingerprint density at radius 2 is 1.81 bits per heavy atom. The van der Waals surface area contributed by atoms with Crippen molar-refractivity contribution >= 4 is 56.4 Å². The molecule has 64 heavy (non-hydrogen) atoms. The Labute approximate surface area is 379 Å². The fraction of sp³-hybridized carbons (Fsp3) is 0.522. The van der Waals surface area contributed by atoms with E-state index in [1.54, 1.807) is 20.8 Å². The molecule has 1 saturated heterocycles. The van der Waals surface area contributed by atoms with E-state index in [9.17, 15) is 27.6 Å². The van der Waals surface area contributed by atoms with Crippen LogP contribution in [0.15, 0.2) is 53.9 Å². The molecule has 5 atom stereocenters. The summed E-state index contributed by atoms with van der Waals surface area (Å²) in [6.07, 6.45) is 5.54. The van der Waals surface area contributed by atoms with Gasteiger partial charge >= 0.3 is 16.3 Å². The average Bonchev–Trinajstić information content (AvgIpc) is 3.54. The molecule has 2 aromatic carbocycles. The third kappa shape index (κ3) is 9.98. The SMILES string of the molecule is Cc1ccc(-c2csc(-c3cccc4c3nc(O[C@@H]3C[C@H]5C(=O)N[C@]6(C(=O)NS(=O)(=O)N(C)C)C[C@H]6/C=C\CCCCC[C@H](NC(=O)OC(C)(C)C)C(=O)N5C3)n4C(C)C)n2)c(C)c1. The number of amides is 4. The first-order valence-electron chi connectivity index (χ1n) is 21.9. The largest absolute Gasteiger partial charge is 0.459 e. The molecule has 1 aliphatic carbocycles. The van der Waals surface area contributed by atoms with E-state index >= 15 is 0 Å². The molecule has 7 rings (SSSR count). The highest BCUT2D eigenvalue weighted by molar-refractivity contribution is 7.87. The van der Waals surface area contributed by atoms with Crippen molar-refractivity contribution in [3.8, 4) is 27.8 Å². The summed E-state index contributed by atoms with van der Waals surface area (Å²) in [6.45, 7) is 13.3. The maximum Gasteiger partial charge on any atom is 0.408 e. The number of imidazole rings is 1. The highest BCUT2D eigenvalue weighted by atomic mass is 32.2. The van der Waals surface area contributed by atoms with E-state index in [1.807, 2.05) is 54.1 Å². The van der Waals surface area contributed by atoms with Gasteiger partial charge in [-0.1, -0.05) is 54.8 Å². The number of hydrogen-bond donors (Lipinski definition) is 3. The molecule has 3 aliphatic rings. The predicted octanol–water partition coefficient (Wildman–Crippen LogP) is 6.58. The summed E-state index contributed by atoms with van der Waals surface area (Å²) in [4.78, 5) is 67.9. The number of para-hydroxylation sites is 1. The van der Waals surface area contributed by atoms with Gasteiger partial charge in [0.25, 0.3) is 11.9 Å². The van der Waals surface area contributed by atoms with Crippen molar-refractivity contribution in [2.24, 2.45) is 5.92 Å². The van der Waals surface area contributed by atoms with Gasteiger partial charge < -0.3 is 25.0 Å². The monoisotopic (exact) mass is 916 g/mol. The highest BCUT2D eigenvalue weighted by Crippen LogP contribution is 2.46. The molecule has 4 amide bonds. The number of nitrogens with one attached hydrogen (secondary N) is 3. The lowest BCUT2D eigenvalue weighted by atomic mass is 10.0. The average molecular weight is 917 g/mol. The summed E-state index contributed by atoms with van der Waals surface area (Å²) in [5.74, 6) is -2.51. The second-order valence-electron chi connectivity index (χ2n) is 18.6. The lowest BCUT2D eigenvalue weighted by Gasteiger charge is -2.30. The Morgan fingerprint density at radius 1 is 1.05 bits per heavy atom. The van der Waals surface area contributed by atoms with E-state index in [2.05, 4.69) is 47.4 Å². The van der Waals surface area contributed by atoms with Crippen molar-refractivity contribution in [1.29, 1.82) is 0 Å². The third-order valence-corrected chi connectivity index (χ3v) is 14.2. The van der Waals surface area contributed by atoms with Crippen LogP contribution in [0.3, 0.4) is 0 Å². The van der Waals surface area contributed by atoms with Crippen LogP contribution in [-0.4, -0.2) is 106 Å². The van der Waals surface area contributed by atoms with Gasteiger partial charge in [-0.25, -0.2) is 14.5 Å². The molecule has 18 heteroatoms. The van der Waals surface area contributed by atoms with E-state index in [1.165, 1.54) is 35.9 Å². The maximum atomic E-state index is 14.8. The third-order valence-electron chi connectivity index (χ3n) is 11.9. The van der Waals surface area contributed by atoms with E-state index in [-0.39, 0.29) is 25.4 Å². The van der Waals surface area contributed by atoms with Crippen LogP contribution >= 0.6 is 11.3 Å². The van der Waals surface area contributed by atoms with Gasteiger partial charge in [0.05, 0.1) is 17.8 Å². The number of carbonyl (C=O) groups excluding carboxylic acids is 4. The van der Waals surface area contributed by atoms with Crippen LogP contribution in [0, 0.1) is 19.8 Å². The minimum atomic E-state index is -4.19. The van der Waals surface area contributed by atoms with Crippen molar-refractivity contribution in [3.05, 3.63) is 65.1 Å². The number of carbonyl (C=O) groups is 4. The van der Waals surface area contributed by atoms with Crippen molar-refractivity contribution in [1.82, 2.24) is 39.1 Å². The molecule has 0 bridgehead atoms. The summed E-state index contributed by atoms with van der Waals surface area (Å²) < 4.78 is 43.0. The van der Waals surface area contributed by atoms with Gasteiger partial charge in [0, 0.05) is 49.0 Å². The lowest BCUT2D eigenvalue weighted by Crippen LogP contribution is -2.58. The Kier molecular flexibility index (Phi) is 13.3. The number of benzene rings is 2. The standard InChI is InChI=1S/C46H60N8O8S2/c1-27(2)54-36-19-15-17-33(40-47-35(26-63-40)32-21-20-28(3)22-29(32)4)38(36)49-43(54)61-31-23-37-39(55)50-46(42(57)51-64(59,60)52(8)9)24-30(46)16-13-11-10-12-14-18-34(41(56)53(37)25-31)48-44(58)62-45(5,6)7/h13,15-17,19-22,26-27,30-31,34,37H,10-12,14,18,23-25H2,1-9H3,(H,48,58)(H,50,55)(H,51,57)/b16-13-/t30-,31-,34+,37+,46-/m1/s1. The van der Waals surface area contributed by atoms with E-state index < -0.39 is 69.3 Å². The van der Waals surface area contributed by atoms with E-state index in [4.69, 9.17) is 19.4 Å². The zero-order valence-electron chi connectivity index (χ0n) is 38.1. The molecule has 4 aromatic rings. The zero-order valence-corrected chi connectivity index (χ0v) is 39.7. The Morgan fingerprint density at radius 3 is 2.52 bits per heavy atom. The molecule has 2 fully saturated rings. The molecule has 4 heterocycles. The first kappa shape index (κ1) is 46.7. The molecule has 1 saturated carbocycles. The fourth-order valence-corrected chi connectivity index (χ4v) is 9.98. The molecule has 344 valence electrons. The van der Waals surface area contributed by atoms with E-state index in [0.717, 1.165) is 50.1 Å². The van der Waals surface area contributed by atoms with Crippen LogP contribution < -0.4 is 20.1 Å². The second kappa shape index (κ2) is 18.3. The minimum Gasteiger partial charge on any atom is -0.459 e. The molecule has 2 aromatic heterocycles. The molecule has 3 N–H and O–H groups in total. The summed E-state index contributed by atoms with van der Waals surface area (Å²) in [5, 5.41) is 8.50. The summed E-state index contributed by atoms with van der Waals surface area (Å²) in [7, 11) is -1.59. The number of allylic oxidation sites excluding steroid dienone is 1. The number of alkyl carbamates (subject to hydrolysis) is 1. The molecule has 2 aliphatic heterocycles. The van der Waals surface area contributed by atoms with Crippen molar-refractivity contribution in [2.45, 2.75) is 129 Å². The van der Waals surface area contributed by atoms with Crippen molar-refractivity contribution < 1.29 is 37.1 Å². The van der Waals surface area contributed by atoms with Crippen LogP contribution in [-0.2, 0) is 29.3 Å². The summed E-state index contributed by atoms with van der Waals surface area (Å²) >= 11 is 1.53. The van der Waals surface area contributed by atoms with Gasteiger partial charge in [0.2, 0.25) is 11.8 Å². The summed E-state index contributed by atoms with van der Waals surface area (Å²) in [5.41, 5.74) is 4.18. The number of hydrogen-bond acceptors (Lipinski definition) is 11. The maximum absolute atomic E-state index is 14.8. The molecule has 0 spiro atoms. The number of aromatic nitrogens is 3. The topological polar surface area (TPSA) is 194 Å². The predicted molar refractivity (Wildman–Crippen MR) is 246 cm³/mol. The van der Waals surface area contributed by atoms with Crippen LogP contribution in [0.25, 0.3) is 32.9 Å². The Bertz CT molecular complexity index is 2580. The quantitative estimate of drug-likeness (QED) is 0.154. The van der Waals surface area contributed by atoms with Gasteiger partial charge in [0.15, 0.2) is 0 Å². The van der Waals surface area contributed by atoms with Crippen LogP contribution in [0.1, 0.15) is 96.7 Å². The number of ether oxygens (including phenoxy) is 2. The highest BCUT2D eigenvalue weighted by Gasteiger charge is 2.62. The number of nitrogens with zero attached hydrogens (tertiary/aromatic N) is 5. The molecule has 16 nitrogen and oxygen atoms in total. The van der Waals surface area contributed by atoms with Gasteiger partial charge in [-0.2, -0.15) is 17.7 Å². The van der Waals surface area contributed by atoms with E-state index in [0.29, 0.717) is 30.8 Å². The smallest absolute Gasteiger partial charge is 0.408 e. The molecular formula is C46H60N8O8S2. The van der Waals surface area contributed by atoms with Gasteiger partial charge in [-0.05, 0) is 91.8 Å². The number of fused-ring (bicyclic) bond motifs is 3. The number of thiazole rings is 1. The lowest BCUT2D eigenvalue weighted by molar-refractivity contribution is -0.141. The molecular weight excluding hydrogens is 857 g/mol. The van der Waals surface area contributed by atoms with Crippen LogP contribution in [0.4, 0.5) is 4.79 Å². The Hall–Kier alpha value is -5.33. The Balaban J connectivity index is 1.23. The number of rotatable bonds is 9. The first-order valence-corrected chi connectivity index (χ1v) is 24.2. The molecule has 0 radical (unpaired) electrons.